The fourth-order valence-corrected chi connectivity index (χ4v) is 1.08. The number of allylic oxidation sites excluding steroid dienone is 2. The molecule has 0 fully saturated rings. The van der Waals surface area contributed by atoms with Crippen molar-refractivity contribution in [1.29, 1.82) is 0 Å². The van der Waals surface area contributed by atoms with Crippen molar-refractivity contribution in [3.8, 4) is 0 Å². The van der Waals surface area contributed by atoms with Crippen molar-refractivity contribution in [2.75, 3.05) is 7.11 Å². The Morgan fingerprint density at radius 2 is 1.94 bits per heavy atom. The molecule has 0 spiro atoms. The molecule has 5 nitrogen and oxygen atoms in total. The molecule has 0 saturated heterocycles. The van der Waals surface area contributed by atoms with Gasteiger partial charge in [-0.2, -0.15) is 0 Å². The zero-order valence-electron chi connectivity index (χ0n) is 9.20. The van der Waals surface area contributed by atoms with Crippen LogP contribution in [0.2, 0.25) is 0 Å². The number of benzene rings is 1. The van der Waals surface area contributed by atoms with Crippen LogP contribution in [0.15, 0.2) is 42.5 Å². The van der Waals surface area contributed by atoms with Gasteiger partial charge in [0.05, 0.1) is 12.0 Å². The Bertz CT molecular complexity index is 460. The summed E-state index contributed by atoms with van der Waals surface area (Å²) in [5.41, 5.74) is 0.859. The largest absolute Gasteiger partial charge is 0.466 e. The number of carbonyl (C=O) groups excluding carboxylic acids is 1. The van der Waals surface area contributed by atoms with E-state index in [1.165, 1.54) is 31.4 Å². The third-order valence-corrected chi connectivity index (χ3v) is 1.94. The number of rotatable bonds is 4. The first kappa shape index (κ1) is 12.6. The molecule has 1 aromatic carbocycles. The van der Waals surface area contributed by atoms with Crippen LogP contribution in [0.5, 0.6) is 0 Å². The van der Waals surface area contributed by atoms with Gasteiger partial charge in [-0.05, 0) is 17.7 Å². The Morgan fingerprint density at radius 1 is 1.29 bits per heavy atom. The van der Waals surface area contributed by atoms with Crippen LogP contribution in [0, 0.1) is 10.1 Å². The zero-order chi connectivity index (χ0) is 12.7. The molecule has 0 aliphatic carbocycles. The molecule has 88 valence electrons. The van der Waals surface area contributed by atoms with Crippen LogP contribution in [-0.2, 0) is 9.53 Å². The number of hydrogen-bond donors (Lipinski definition) is 0. The Kier molecular flexibility index (Phi) is 4.62. The van der Waals surface area contributed by atoms with Gasteiger partial charge >= 0.3 is 5.97 Å². The first-order chi connectivity index (χ1) is 8.13. The predicted octanol–water partition coefficient (Wildman–Crippen LogP) is 2.34. The van der Waals surface area contributed by atoms with E-state index in [0.29, 0.717) is 0 Å². The number of carbonyl (C=O) groups is 1. The van der Waals surface area contributed by atoms with Crippen molar-refractivity contribution in [1.82, 2.24) is 0 Å². The maximum atomic E-state index is 10.7. The van der Waals surface area contributed by atoms with E-state index >= 15 is 0 Å². The number of esters is 1. The number of methoxy groups -OCH3 is 1. The summed E-state index contributed by atoms with van der Waals surface area (Å²) in [5, 5.41) is 10.4. The monoisotopic (exact) mass is 233 g/mol. The van der Waals surface area contributed by atoms with Gasteiger partial charge in [-0.25, -0.2) is 4.79 Å². The molecule has 17 heavy (non-hydrogen) atoms. The average Bonchev–Trinajstić information content (AvgIpc) is 2.34. The molecule has 0 amide bonds. The molecular formula is C12H11NO4. The van der Waals surface area contributed by atoms with E-state index < -0.39 is 10.9 Å². The first-order valence-electron chi connectivity index (χ1n) is 4.80. The van der Waals surface area contributed by atoms with Gasteiger partial charge in [0.2, 0.25) is 0 Å². The second-order valence-corrected chi connectivity index (χ2v) is 3.09. The molecule has 1 rings (SSSR count). The van der Waals surface area contributed by atoms with Crippen molar-refractivity contribution in [3.05, 3.63) is 58.2 Å². The molecule has 1 aromatic rings. The molecule has 0 unspecified atom stereocenters. The van der Waals surface area contributed by atoms with Gasteiger partial charge in [-0.3, -0.25) is 10.1 Å². The van der Waals surface area contributed by atoms with Crippen LogP contribution in [0.4, 0.5) is 5.69 Å². The summed E-state index contributed by atoms with van der Waals surface area (Å²) < 4.78 is 4.41. The smallest absolute Gasteiger partial charge is 0.330 e. The van der Waals surface area contributed by atoms with E-state index in [4.69, 9.17) is 0 Å². The summed E-state index contributed by atoms with van der Waals surface area (Å²) in [6.45, 7) is 0. The topological polar surface area (TPSA) is 69.4 Å². The highest BCUT2D eigenvalue weighted by molar-refractivity contribution is 5.82. The molecule has 0 heterocycles. The Morgan fingerprint density at radius 3 is 2.47 bits per heavy atom. The highest BCUT2D eigenvalue weighted by Crippen LogP contribution is 2.12. The molecule has 0 aliphatic heterocycles. The molecule has 0 aliphatic rings. The van der Waals surface area contributed by atoms with Gasteiger partial charge in [0, 0.05) is 18.2 Å². The standard InChI is InChI=1S/C12H11NO4/c1-17-12(14)5-3-2-4-10-6-8-11(9-7-10)13(15)16/h2-9H,1H3/b4-2+,5-3+. The lowest BCUT2D eigenvalue weighted by atomic mass is 10.2. The second-order valence-electron chi connectivity index (χ2n) is 3.09. The lowest BCUT2D eigenvalue weighted by Gasteiger charge is -1.92. The third-order valence-electron chi connectivity index (χ3n) is 1.94. The van der Waals surface area contributed by atoms with Crippen molar-refractivity contribution < 1.29 is 14.5 Å². The van der Waals surface area contributed by atoms with Gasteiger partial charge in [-0.1, -0.05) is 18.2 Å². The second kappa shape index (κ2) is 6.22. The number of nitro groups is 1. The number of hydrogen-bond acceptors (Lipinski definition) is 4. The number of nitro benzene ring substituents is 1. The van der Waals surface area contributed by atoms with Crippen molar-refractivity contribution in [3.63, 3.8) is 0 Å². The molecule has 0 atom stereocenters. The van der Waals surface area contributed by atoms with Gasteiger partial charge in [0.1, 0.15) is 0 Å². The lowest BCUT2D eigenvalue weighted by molar-refractivity contribution is -0.384. The van der Waals surface area contributed by atoms with E-state index in [0.717, 1.165) is 5.56 Å². The van der Waals surface area contributed by atoms with Crippen LogP contribution in [-0.4, -0.2) is 18.0 Å². The van der Waals surface area contributed by atoms with Crippen molar-refractivity contribution >= 4 is 17.7 Å². The fourth-order valence-electron chi connectivity index (χ4n) is 1.08. The summed E-state index contributed by atoms with van der Waals surface area (Å²) in [7, 11) is 1.30. The Balaban J connectivity index is 2.63. The number of non-ortho nitro benzene ring substituents is 1. The molecule has 0 bridgehead atoms. The van der Waals surface area contributed by atoms with Gasteiger partial charge < -0.3 is 4.74 Å². The minimum atomic E-state index is -0.454. The third kappa shape index (κ3) is 4.29. The highest BCUT2D eigenvalue weighted by Gasteiger charge is 2.01. The molecule has 0 saturated carbocycles. The van der Waals surface area contributed by atoms with Crippen LogP contribution in [0.1, 0.15) is 5.56 Å². The SMILES string of the molecule is COC(=O)/C=C/C=C/c1ccc([N+](=O)[O-])cc1. The minimum absolute atomic E-state index is 0.0484. The van der Waals surface area contributed by atoms with E-state index in [-0.39, 0.29) is 5.69 Å². The van der Waals surface area contributed by atoms with Crippen LogP contribution < -0.4 is 0 Å². The summed E-state index contributed by atoms with van der Waals surface area (Å²) in [6, 6.07) is 6.09. The minimum Gasteiger partial charge on any atom is -0.466 e. The Labute approximate surface area is 98.2 Å². The normalized spacial score (nSPS) is 10.9. The number of ether oxygens (including phenoxy) is 1. The van der Waals surface area contributed by atoms with E-state index in [1.807, 2.05) is 0 Å². The van der Waals surface area contributed by atoms with Crippen LogP contribution in [0.25, 0.3) is 6.08 Å². The molecule has 0 aromatic heterocycles. The van der Waals surface area contributed by atoms with Crippen LogP contribution >= 0.6 is 0 Å². The van der Waals surface area contributed by atoms with Crippen LogP contribution in [0.3, 0.4) is 0 Å². The summed E-state index contributed by atoms with van der Waals surface area (Å²) in [5.74, 6) is -0.432. The fraction of sp³-hybridized carbons (Fsp3) is 0.0833. The average molecular weight is 233 g/mol. The summed E-state index contributed by atoms with van der Waals surface area (Å²) in [6.07, 6.45) is 6.19. The zero-order valence-corrected chi connectivity index (χ0v) is 9.20. The summed E-state index contributed by atoms with van der Waals surface area (Å²) in [4.78, 5) is 20.7. The molecule has 5 heteroatoms. The van der Waals surface area contributed by atoms with E-state index in [2.05, 4.69) is 4.74 Å². The van der Waals surface area contributed by atoms with Crippen molar-refractivity contribution in [2.45, 2.75) is 0 Å². The lowest BCUT2D eigenvalue weighted by Crippen LogP contribution is -1.92. The molecule has 0 N–H and O–H groups in total. The van der Waals surface area contributed by atoms with Gasteiger partial charge in [0.15, 0.2) is 0 Å². The quantitative estimate of drug-likeness (QED) is 0.263. The highest BCUT2D eigenvalue weighted by atomic mass is 16.6. The van der Waals surface area contributed by atoms with E-state index in [1.54, 1.807) is 24.3 Å². The Hall–Kier alpha value is -2.43. The van der Waals surface area contributed by atoms with Crippen molar-refractivity contribution in [2.24, 2.45) is 0 Å². The van der Waals surface area contributed by atoms with Gasteiger partial charge in [0.25, 0.3) is 5.69 Å². The molecular weight excluding hydrogens is 222 g/mol. The summed E-state index contributed by atoms with van der Waals surface area (Å²) >= 11 is 0. The van der Waals surface area contributed by atoms with Gasteiger partial charge in [-0.15, -0.1) is 0 Å². The molecule has 0 radical (unpaired) electrons. The maximum Gasteiger partial charge on any atom is 0.330 e. The van der Waals surface area contributed by atoms with E-state index in [9.17, 15) is 14.9 Å². The first-order valence-corrected chi connectivity index (χ1v) is 4.80. The maximum absolute atomic E-state index is 10.7. The number of nitrogens with zero attached hydrogens (tertiary/aromatic N) is 1. The predicted molar refractivity (Wildman–Crippen MR) is 63.3 cm³/mol.